The first kappa shape index (κ1) is 13.5. The molecule has 0 fully saturated rings. The Morgan fingerprint density at radius 2 is 1.76 bits per heavy atom. The Hall–Kier alpha value is -2.49. The van der Waals surface area contributed by atoms with Gasteiger partial charge in [-0.1, -0.05) is 13.0 Å². The lowest BCUT2D eigenvalue weighted by Gasteiger charge is -2.08. The fourth-order valence-corrected chi connectivity index (χ4v) is 2.32. The van der Waals surface area contributed by atoms with Crippen LogP contribution in [0.1, 0.15) is 12.5 Å². The first-order valence-corrected chi connectivity index (χ1v) is 6.93. The highest BCUT2D eigenvalue weighted by Crippen LogP contribution is 2.25. The Kier molecular flexibility index (Phi) is 3.52. The van der Waals surface area contributed by atoms with Crippen LogP contribution in [-0.4, -0.2) is 14.8 Å². The van der Waals surface area contributed by atoms with Gasteiger partial charge in [0.25, 0.3) is 0 Å². The van der Waals surface area contributed by atoms with E-state index >= 15 is 0 Å². The van der Waals surface area contributed by atoms with Gasteiger partial charge >= 0.3 is 0 Å². The maximum Gasteiger partial charge on any atom is 0.123 e. The molecule has 0 aliphatic rings. The van der Waals surface area contributed by atoms with Gasteiger partial charge in [0.1, 0.15) is 11.5 Å². The molecular weight excluding hydrogens is 265 g/mol. The molecule has 2 heterocycles. The van der Waals surface area contributed by atoms with E-state index in [1.165, 1.54) is 12.1 Å². The van der Waals surface area contributed by atoms with Crippen molar-refractivity contribution in [3.63, 3.8) is 0 Å². The van der Waals surface area contributed by atoms with Gasteiger partial charge in [0.2, 0.25) is 0 Å². The molecular formula is C17H16FN3. The Morgan fingerprint density at radius 3 is 2.38 bits per heavy atom. The number of aromatic nitrogens is 3. The van der Waals surface area contributed by atoms with Crippen molar-refractivity contribution in [3.05, 3.63) is 60.0 Å². The summed E-state index contributed by atoms with van der Waals surface area (Å²) in [5.74, 6) is -0.242. The molecule has 0 spiro atoms. The number of hydrogen-bond acceptors (Lipinski definition) is 2. The molecule has 3 aromatic rings. The summed E-state index contributed by atoms with van der Waals surface area (Å²) in [5, 5.41) is 4.43. The molecule has 0 saturated heterocycles. The van der Waals surface area contributed by atoms with Crippen molar-refractivity contribution >= 4 is 0 Å². The van der Waals surface area contributed by atoms with Crippen LogP contribution in [0.2, 0.25) is 0 Å². The summed E-state index contributed by atoms with van der Waals surface area (Å²) < 4.78 is 14.8. The van der Waals surface area contributed by atoms with Gasteiger partial charge in [-0.05, 0) is 48.4 Å². The quantitative estimate of drug-likeness (QED) is 0.730. The number of hydrogen-bond donors (Lipinski definition) is 0. The van der Waals surface area contributed by atoms with E-state index in [1.54, 1.807) is 16.8 Å². The molecule has 3 nitrogen and oxygen atoms in total. The number of benzene rings is 1. The predicted molar refractivity (Wildman–Crippen MR) is 81.2 cm³/mol. The van der Waals surface area contributed by atoms with Crippen molar-refractivity contribution in [3.8, 4) is 22.6 Å². The van der Waals surface area contributed by atoms with Crippen molar-refractivity contribution in [1.82, 2.24) is 14.8 Å². The van der Waals surface area contributed by atoms with Gasteiger partial charge in [-0.25, -0.2) is 9.37 Å². The lowest BCUT2D eigenvalue weighted by molar-refractivity contribution is 0.628. The summed E-state index contributed by atoms with van der Waals surface area (Å²) >= 11 is 0. The first-order valence-electron chi connectivity index (χ1n) is 6.93. The van der Waals surface area contributed by atoms with Crippen LogP contribution in [0.4, 0.5) is 4.39 Å². The van der Waals surface area contributed by atoms with E-state index in [1.807, 2.05) is 25.4 Å². The summed E-state index contributed by atoms with van der Waals surface area (Å²) in [6.45, 7) is 2.10. The normalized spacial score (nSPS) is 10.8. The molecule has 4 heteroatoms. The molecule has 0 aliphatic heterocycles. The van der Waals surface area contributed by atoms with Gasteiger partial charge in [-0.2, -0.15) is 5.10 Å². The van der Waals surface area contributed by atoms with Crippen LogP contribution in [0.25, 0.3) is 22.6 Å². The Balaban J connectivity index is 2.10. The van der Waals surface area contributed by atoms with Crippen molar-refractivity contribution in [1.29, 1.82) is 0 Å². The maximum atomic E-state index is 13.0. The topological polar surface area (TPSA) is 30.7 Å². The second-order valence-electron chi connectivity index (χ2n) is 4.94. The molecule has 21 heavy (non-hydrogen) atoms. The monoisotopic (exact) mass is 281 g/mol. The van der Waals surface area contributed by atoms with E-state index in [-0.39, 0.29) is 5.82 Å². The summed E-state index contributed by atoms with van der Waals surface area (Å²) in [4.78, 5) is 4.73. The number of pyridine rings is 1. The average molecular weight is 281 g/mol. The van der Waals surface area contributed by atoms with Crippen LogP contribution >= 0.6 is 0 Å². The van der Waals surface area contributed by atoms with Crippen LogP contribution < -0.4 is 0 Å². The zero-order valence-electron chi connectivity index (χ0n) is 12.0. The second kappa shape index (κ2) is 5.48. The summed E-state index contributed by atoms with van der Waals surface area (Å²) in [7, 11) is 1.89. The van der Waals surface area contributed by atoms with Crippen LogP contribution in [0.3, 0.4) is 0 Å². The zero-order chi connectivity index (χ0) is 14.8. The van der Waals surface area contributed by atoms with Crippen LogP contribution in [0, 0.1) is 5.82 Å². The molecule has 0 unspecified atom stereocenters. The van der Waals surface area contributed by atoms with Gasteiger partial charge in [-0.15, -0.1) is 0 Å². The van der Waals surface area contributed by atoms with Crippen LogP contribution in [-0.2, 0) is 13.5 Å². The molecule has 2 aromatic heterocycles. The van der Waals surface area contributed by atoms with Gasteiger partial charge in [0.15, 0.2) is 0 Å². The number of rotatable bonds is 3. The number of nitrogens with zero attached hydrogens (tertiary/aromatic N) is 3. The number of aryl methyl sites for hydroxylation is 2. The Labute approximate surface area is 123 Å². The zero-order valence-corrected chi connectivity index (χ0v) is 12.0. The van der Waals surface area contributed by atoms with Crippen molar-refractivity contribution in [2.45, 2.75) is 13.3 Å². The average Bonchev–Trinajstić information content (AvgIpc) is 2.94. The minimum absolute atomic E-state index is 0.242. The highest BCUT2D eigenvalue weighted by Gasteiger charge is 2.11. The maximum absolute atomic E-state index is 13.0. The highest BCUT2D eigenvalue weighted by atomic mass is 19.1. The SMILES string of the molecule is CCc1ccc(-c2ccc(F)cc2)nc1-c1ccn(C)n1. The van der Waals surface area contributed by atoms with Gasteiger partial charge in [-0.3, -0.25) is 4.68 Å². The van der Waals surface area contributed by atoms with E-state index in [2.05, 4.69) is 18.1 Å². The fourth-order valence-electron chi connectivity index (χ4n) is 2.32. The molecule has 0 bridgehead atoms. The van der Waals surface area contributed by atoms with Gasteiger partial charge in [0, 0.05) is 18.8 Å². The van der Waals surface area contributed by atoms with Gasteiger partial charge in [0.05, 0.1) is 11.4 Å². The molecule has 1 aromatic carbocycles. The van der Waals surface area contributed by atoms with E-state index in [0.29, 0.717) is 0 Å². The molecule has 0 atom stereocenters. The lowest BCUT2D eigenvalue weighted by Crippen LogP contribution is -1.96. The smallest absolute Gasteiger partial charge is 0.123 e. The van der Waals surface area contributed by atoms with E-state index in [0.717, 1.165) is 34.6 Å². The molecule has 0 saturated carbocycles. The third-order valence-corrected chi connectivity index (χ3v) is 3.46. The molecule has 106 valence electrons. The van der Waals surface area contributed by atoms with E-state index in [4.69, 9.17) is 4.98 Å². The van der Waals surface area contributed by atoms with E-state index in [9.17, 15) is 4.39 Å². The lowest BCUT2D eigenvalue weighted by atomic mass is 10.1. The molecule has 0 radical (unpaired) electrons. The Bertz CT molecular complexity index is 760. The molecule has 0 amide bonds. The summed E-state index contributed by atoms with van der Waals surface area (Å²) in [6.07, 6.45) is 2.80. The highest BCUT2D eigenvalue weighted by molar-refractivity contribution is 5.66. The minimum atomic E-state index is -0.242. The largest absolute Gasteiger partial charge is 0.275 e. The van der Waals surface area contributed by atoms with Crippen molar-refractivity contribution in [2.75, 3.05) is 0 Å². The minimum Gasteiger partial charge on any atom is -0.275 e. The van der Waals surface area contributed by atoms with Crippen LogP contribution in [0.5, 0.6) is 0 Å². The Morgan fingerprint density at radius 1 is 1.00 bits per heavy atom. The predicted octanol–water partition coefficient (Wildman–Crippen LogP) is 3.85. The van der Waals surface area contributed by atoms with Gasteiger partial charge < -0.3 is 0 Å². The third kappa shape index (κ3) is 2.70. The summed E-state index contributed by atoms with van der Waals surface area (Å²) in [6, 6.07) is 12.4. The van der Waals surface area contributed by atoms with Crippen molar-refractivity contribution < 1.29 is 4.39 Å². The van der Waals surface area contributed by atoms with E-state index < -0.39 is 0 Å². The molecule has 3 rings (SSSR count). The summed E-state index contributed by atoms with van der Waals surface area (Å²) in [5.41, 5.74) is 4.63. The molecule has 0 aliphatic carbocycles. The fraction of sp³-hybridized carbons (Fsp3) is 0.176. The van der Waals surface area contributed by atoms with Crippen molar-refractivity contribution in [2.24, 2.45) is 7.05 Å². The molecule has 0 N–H and O–H groups in total. The standard InChI is InChI=1S/C17H16FN3/c1-3-12-6-9-15(13-4-7-14(18)8-5-13)19-17(12)16-10-11-21(2)20-16/h4-11H,3H2,1-2H3. The van der Waals surface area contributed by atoms with Crippen LogP contribution in [0.15, 0.2) is 48.7 Å². The third-order valence-electron chi connectivity index (χ3n) is 3.46. The number of halogens is 1. The first-order chi connectivity index (χ1) is 10.2. The second-order valence-corrected chi connectivity index (χ2v) is 4.94.